The first-order valence-electron chi connectivity index (χ1n) is 7.71. The largest absolute Gasteiger partial charge is 0.0798 e. The zero-order valence-electron chi connectivity index (χ0n) is 12.9. The summed E-state index contributed by atoms with van der Waals surface area (Å²) in [6.07, 6.45) is 0. The van der Waals surface area contributed by atoms with Crippen molar-refractivity contribution in [2.24, 2.45) is 0 Å². The Morgan fingerprint density at radius 1 is 0.667 bits per heavy atom. The molecule has 0 amide bonds. The van der Waals surface area contributed by atoms with E-state index in [1.165, 1.54) is 30.2 Å². The maximum Gasteiger partial charge on any atom is 0.0798 e. The van der Waals surface area contributed by atoms with E-state index in [4.69, 9.17) is 0 Å². The minimum absolute atomic E-state index is 1.10. The lowest BCUT2D eigenvalue weighted by molar-refractivity contribution is 1.17. The zero-order chi connectivity index (χ0) is 13.6. The van der Waals surface area contributed by atoms with Crippen LogP contribution in [0.3, 0.4) is 0 Å². The Hall–Kier alpha value is -0.346. The third kappa shape index (κ3) is 2.37. The van der Waals surface area contributed by atoms with Crippen LogP contribution in [0, 0.1) is 0 Å². The van der Waals surface area contributed by atoms with Crippen molar-refractivity contribution in [2.45, 2.75) is 64.8 Å². The maximum atomic E-state index is 2.47. The van der Waals surface area contributed by atoms with Gasteiger partial charge in [0.2, 0.25) is 0 Å². The van der Waals surface area contributed by atoms with Crippen LogP contribution in [-0.4, -0.2) is 15.2 Å². The average Bonchev–Trinajstić information content (AvgIpc) is 2.46. The third-order valence-corrected chi connectivity index (χ3v) is 27.8. The molecule has 0 aliphatic rings. The first-order chi connectivity index (χ1) is 8.66. The van der Waals surface area contributed by atoms with Gasteiger partial charge in [0.25, 0.3) is 0 Å². The smallest absolute Gasteiger partial charge is 0.0680 e. The van der Waals surface area contributed by atoms with Crippen molar-refractivity contribution in [2.75, 3.05) is 0 Å². The molecular weight excluding hydrogens is 248 g/mol. The second kappa shape index (κ2) is 6.71. The fourth-order valence-corrected chi connectivity index (χ4v) is 25.0. The summed E-state index contributed by atoms with van der Waals surface area (Å²) in [5, 5.41) is 1.74. The molecule has 2 heteroatoms. The minimum atomic E-state index is -1.26. The van der Waals surface area contributed by atoms with Gasteiger partial charge in [0.05, 0.1) is 15.2 Å². The van der Waals surface area contributed by atoms with Gasteiger partial charge < -0.3 is 0 Å². The van der Waals surface area contributed by atoms with Gasteiger partial charge in [0.15, 0.2) is 0 Å². The van der Waals surface area contributed by atoms with E-state index in [1.807, 2.05) is 0 Å². The molecule has 0 bridgehead atoms. The Labute approximate surface area is 116 Å². The van der Waals surface area contributed by atoms with Gasteiger partial charge in [-0.15, -0.1) is 0 Å². The van der Waals surface area contributed by atoms with Crippen molar-refractivity contribution >= 4 is 20.4 Å². The molecule has 0 radical (unpaired) electrons. The van der Waals surface area contributed by atoms with Gasteiger partial charge in [0.1, 0.15) is 0 Å². The summed E-state index contributed by atoms with van der Waals surface area (Å²) in [4.78, 5) is 0. The summed E-state index contributed by atoms with van der Waals surface area (Å²) in [5.41, 5.74) is 0. The van der Waals surface area contributed by atoms with Gasteiger partial charge in [0, 0.05) is 0 Å². The van der Waals surface area contributed by atoms with E-state index in [-0.39, 0.29) is 0 Å². The van der Waals surface area contributed by atoms with Gasteiger partial charge in [-0.2, -0.15) is 0 Å². The number of rotatable bonds is 7. The molecule has 18 heavy (non-hydrogen) atoms. The van der Waals surface area contributed by atoms with E-state index in [0.29, 0.717) is 0 Å². The minimum Gasteiger partial charge on any atom is -0.0680 e. The molecule has 0 aliphatic heterocycles. The van der Waals surface area contributed by atoms with Crippen LogP contribution >= 0.6 is 0 Å². The predicted molar refractivity (Wildman–Crippen MR) is 90.0 cm³/mol. The van der Waals surface area contributed by atoms with Crippen LogP contribution in [0.25, 0.3) is 0 Å². The molecule has 0 saturated heterocycles. The lowest BCUT2D eigenvalue weighted by atomic mass is 10.4. The SMILES string of the molecule is CC[Si](CC)(CC)[Si](CC)(CC)c1ccccc1. The molecule has 0 aliphatic carbocycles. The zero-order valence-corrected chi connectivity index (χ0v) is 14.9. The van der Waals surface area contributed by atoms with Crippen LogP contribution in [0.15, 0.2) is 30.3 Å². The summed E-state index contributed by atoms with van der Waals surface area (Å²) in [6, 6.07) is 18.8. The van der Waals surface area contributed by atoms with Crippen molar-refractivity contribution < 1.29 is 0 Å². The molecular formula is C16H30Si2. The monoisotopic (exact) mass is 278 g/mol. The first-order valence-corrected chi connectivity index (χ1v) is 13.7. The first kappa shape index (κ1) is 15.7. The van der Waals surface area contributed by atoms with Crippen LogP contribution in [-0.2, 0) is 0 Å². The van der Waals surface area contributed by atoms with Crippen LogP contribution in [0.2, 0.25) is 30.2 Å². The molecule has 1 aromatic rings. The summed E-state index contributed by atoms with van der Waals surface area (Å²) in [6.45, 7) is 12.3. The summed E-state index contributed by atoms with van der Waals surface area (Å²) < 4.78 is 0. The Balaban J connectivity index is 3.38. The molecule has 0 unspecified atom stereocenters. The molecule has 0 nitrogen and oxygen atoms in total. The predicted octanol–water partition coefficient (Wildman–Crippen LogP) is 4.97. The Bertz CT molecular complexity index is 329. The van der Waals surface area contributed by atoms with Gasteiger partial charge in [-0.3, -0.25) is 0 Å². The Kier molecular flexibility index (Phi) is 5.86. The van der Waals surface area contributed by atoms with E-state index < -0.39 is 15.2 Å². The number of hydrogen-bond acceptors (Lipinski definition) is 0. The molecule has 102 valence electrons. The normalized spacial score (nSPS) is 12.7. The lowest BCUT2D eigenvalue weighted by Gasteiger charge is -2.47. The van der Waals surface area contributed by atoms with E-state index >= 15 is 0 Å². The number of hydrogen-bond donors (Lipinski definition) is 0. The topological polar surface area (TPSA) is 0 Å². The van der Waals surface area contributed by atoms with Gasteiger partial charge in [-0.05, 0) is 0 Å². The van der Waals surface area contributed by atoms with Gasteiger partial charge in [-0.1, -0.05) is 100 Å². The maximum absolute atomic E-state index is 2.47. The molecule has 1 rings (SSSR count). The Morgan fingerprint density at radius 2 is 1.11 bits per heavy atom. The van der Waals surface area contributed by atoms with Crippen molar-refractivity contribution in [1.82, 2.24) is 0 Å². The van der Waals surface area contributed by atoms with Gasteiger partial charge in [-0.25, -0.2) is 0 Å². The average molecular weight is 279 g/mol. The van der Waals surface area contributed by atoms with Crippen LogP contribution in [0.4, 0.5) is 0 Å². The second-order valence-electron chi connectivity index (χ2n) is 5.50. The fraction of sp³-hybridized carbons (Fsp3) is 0.625. The highest BCUT2D eigenvalue weighted by Crippen LogP contribution is 2.36. The van der Waals surface area contributed by atoms with Crippen molar-refractivity contribution in [3.05, 3.63) is 30.3 Å². The molecule has 0 fully saturated rings. The quantitative estimate of drug-likeness (QED) is 0.618. The molecule has 0 saturated carbocycles. The number of benzene rings is 1. The molecule has 0 aromatic heterocycles. The molecule has 1 aromatic carbocycles. The van der Waals surface area contributed by atoms with Crippen molar-refractivity contribution in [1.29, 1.82) is 0 Å². The summed E-state index contributed by atoms with van der Waals surface area (Å²) in [7, 11) is -2.36. The standard InChI is InChI=1S/C16H30Si2/c1-6-17(7-2,8-3)18(9-4,10-5)16-14-12-11-13-15-16/h11-15H,6-10H2,1-5H3. The highest BCUT2D eigenvalue weighted by atomic mass is 29.3. The summed E-state index contributed by atoms with van der Waals surface area (Å²) >= 11 is 0. The fourth-order valence-electron chi connectivity index (χ4n) is 4.24. The van der Waals surface area contributed by atoms with E-state index in [0.717, 1.165) is 0 Å². The van der Waals surface area contributed by atoms with E-state index in [9.17, 15) is 0 Å². The summed E-state index contributed by atoms with van der Waals surface area (Å²) in [5.74, 6) is 0. The highest BCUT2D eigenvalue weighted by molar-refractivity contribution is 7.47. The van der Waals surface area contributed by atoms with Crippen LogP contribution < -0.4 is 5.19 Å². The lowest BCUT2D eigenvalue weighted by Crippen LogP contribution is -2.68. The molecule has 0 N–H and O–H groups in total. The van der Waals surface area contributed by atoms with E-state index in [2.05, 4.69) is 65.0 Å². The van der Waals surface area contributed by atoms with E-state index in [1.54, 1.807) is 5.19 Å². The molecule has 0 spiro atoms. The molecule has 0 atom stereocenters. The van der Waals surface area contributed by atoms with Crippen molar-refractivity contribution in [3.8, 4) is 0 Å². The molecule has 0 heterocycles. The third-order valence-electron chi connectivity index (χ3n) is 5.58. The second-order valence-corrected chi connectivity index (χ2v) is 20.4. The van der Waals surface area contributed by atoms with Crippen LogP contribution in [0.1, 0.15) is 34.6 Å². The van der Waals surface area contributed by atoms with Gasteiger partial charge >= 0.3 is 0 Å². The highest BCUT2D eigenvalue weighted by Gasteiger charge is 2.49. The van der Waals surface area contributed by atoms with Crippen molar-refractivity contribution in [3.63, 3.8) is 0 Å². The Morgan fingerprint density at radius 3 is 1.44 bits per heavy atom. The van der Waals surface area contributed by atoms with Crippen LogP contribution in [0.5, 0.6) is 0 Å².